The molecule has 20 heteroatoms. The van der Waals surface area contributed by atoms with Crippen LogP contribution in [0.3, 0.4) is 0 Å². The summed E-state index contributed by atoms with van der Waals surface area (Å²) in [6.07, 6.45) is 16.0. The zero-order valence-electron chi connectivity index (χ0n) is 43.7. The van der Waals surface area contributed by atoms with Crippen LogP contribution in [0.4, 0.5) is 23.3 Å². The number of aliphatic imine (C=N–C) groups is 2. The number of hydrogen-bond acceptors (Lipinski definition) is 16. The van der Waals surface area contributed by atoms with E-state index in [0.29, 0.717) is 82.9 Å². The summed E-state index contributed by atoms with van der Waals surface area (Å²) in [5.41, 5.74) is 21.3. The van der Waals surface area contributed by atoms with Crippen LogP contribution in [0.15, 0.2) is 96.0 Å². The highest BCUT2D eigenvalue weighted by Crippen LogP contribution is 2.49. The predicted molar refractivity (Wildman–Crippen MR) is 291 cm³/mol. The summed E-state index contributed by atoms with van der Waals surface area (Å²) in [6, 6.07) is 11.8. The van der Waals surface area contributed by atoms with Crippen LogP contribution in [0.25, 0.3) is 44.1 Å². The van der Waals surface area contributed by atoms with Crippen molar-refractivity contribution >= 4 is 68.4 Å². The highest BCUT2D eigenvalue weighted by atomic mass is 16.5. The Hall–Kier alpha value is -8.68. The summed E-state index contributed by atoms with van der Waals surface area (Å²) >= 11 is 0. The van der Waals surface area contributed by atoms with E-state index in [-0.39, 0.29) is 47.6 Å². The predicted octanol–water partition coefficient (Wildman–Crippen LogP) is 7.72. The number of amides is 2. The SMILES string of the molecule is Cc1cc(C2=N[C@@H](C(C)C)CO2)ncc1-c1cc2cc(NC(=O)[C@@H]3C[C@H]3c3cnn(C)c3)ncc2c(N)n1.Cc1cc(C2=N[C@@H](C(C)C)CO2)ncc1-c1cc2cc(NC(=O)[C@H]3C[C@@H]3c3cnn(C)c3)ncc2c(N)n1. The van der Waals surface area contributed by atoms with E-state index in [1.54, 1.807) is 34.2 Å². The molecule has 2 aliphatic heterocycles. The number of pyridine rings is 6. The summed E-state index contributed by atoms with van der Waals surface area (Å²) in [7, 11) is 3.75. The molecule has 0 bridgehead atoms. The Balaban J connectivity index is 0.000000162. The molecule has 8 aromatic heterocycles. The number of aromatic nitrogens is 10. The Morgan fingerprint density at radius 1 is 0.579 bits per heavy atom. The van der Waals surface area contributed by atoms with Gasteiger partial charge in [0.05, 0.1) is 35.9 Å². The normalized spacial score (nSPS) is 20.4. The van der Waals surface area contributed by atoms with Gasteiger partial charge in [0.2, 0.25) is 23.6 Å². The number of nitrogens with one attached hydrogen (secondary N) is 2. The third-order valence-corrected chi connectivity index (χ3v) is 14.7. The summed E-state index contributed by atoms with van der Waals surface area (Å²) < 4.78 is 15.1. The molecule has 0 saturated heterocycles. The molecule has 2 aliphatic carbocycles. The minimum Gasteiger partial charge on any atom is -0.474 e. The van der Waals surface area contributed by atoms with Crippen molar-refractivity contribution in [2.45, 2.75) is 78.3 Å². The van der Waals surface area contributed by atoms with Gasteiger partial charge in [0.1, 0.15) is 47.9 Å². The third kappa shape index (κ3) is 10.1. The molecular weight excluding hydrogens is 961 g/mol. The summed E-state index contributed by atoms with van der Waals surface area (Å²) in [5.74, 6) is 3.85. The van der Waals surface area contributed by atoms with Gasteiger partial charge in [0.15, 0.2) is 0 Å². The van der Waals surface area contributed by atoms with E-state index in [2.05, 4.69) is 88.4 Å². The number of carbonyl (C=O) groups is 2. The molecular formula is C56H60N16O4. The second-order valence-electron chi connectivity index (χ2n) is 21.0. The fourth-order valence-electron chi connectivity index (χ4n) is 9.79. The van der Waals surface area contributed by atoms with Crippen molar-refractivity contribution in [2.24, 2.45) is 47.8 Å². The van der Waals surface area contributed by atoms with E-state index in [9.17, 15) is 9.59 Å². The van der Waals surface area contributed by atoms with E-state index in [0.717, 1.165) is 67.8 Å². The lowest BCUT2D eigenvalue weighted by Crippen LogP contribution is -2.15. The first-order chi connectivity index (χ1) is 36.5. The second-order valence-corrected chi connectivity index (χ2v) is 21.0. The minimum atomic E-state index is -0.0775. The lowest BCUT2D eigenvalue weighted by molar-refractivity contribution is -0.118. The molecule has 0 spiro atoms. The number of fused-ring (bicyclic) bond motifs is 2. The number of hydrogen-bond donors (Lipinski definition) is 4. The standard InChI is InChI=1S/2C28H30N8O2/c2*1-14(2)24-13-38-28(34-24)23-5-15(3)20(10-30-23)22-6-16-7-25(31-11-21(16)26(29)33-22)35-27(37)19-8-18(19)17-9-32-36(4)12-17/h2*5-7,9-12,14,18-19,24H,8,13H2,1-4H3,(H2,29,33)(H,31,35,37)/t18-,19+,24+;18-,19+,24-/m01/s1. The van der Waals surface area contributed by atoms with Crippen LogP contribution in [0, 0.1) is 37.5 Å². The van der Waals surface area contributed by atoms with Crippen LogP contribution in [0.1, 0.15) is 86.0 Å². The maximum absolute atomic E-state index is 12.9. The van der Waals surface area contributed by atoms with E-state index < -0.39 is 0 Å². The fourth-order valence-corrected chi connectivity index (χ4v) is 9.79. The van der Waals surface area contributed by atoms with Crippen LogP contribution in [-0.4, -0.2) is 98.4 Å². The first kappa shape index (κ1) is 49.5. The van der Waals surface area contributed by atoms with E-state index in [4.69, 9.17) is 20.9 Å². The Morgan fingerprint density at radius 3 is 1.36 bits per heavy atom. The van der Waals surface area contributed by atoms with Crippen molar-refractivity contribution in [3.63, 3.8) is 0 Å². The second kappa shape index (κ2) is 19.9. The van der Waals surface area contributed by atoms with Gasteiger partial charge in [-0.3, -0.25) is 28.9 Å². The largest absolute Gasteiger partial charge is 0.474 e. The zero-order chi connectivity index (χ0) is 53.1. The number of nitrogens with two attached hydrogens (primary N) is 2. The summed E-state index contributed by atoms with van der Waals surface area (Å²) in [4.78, 5) is 62.3. The Bertz CT molecular complexity index is 3420. The van der Waals surface area contributed by atoms with Crippen LogP contribution in [-0.2, 0) is 33.2 Å². The third-order valence-electron chi connectivity index (χ3n) is 14.7. The maximum Gasteiger partial charge on any atom is 0.235 e. The van der Waals surface area contributed by atoms with Crippen molar-refractivity contribution in [3.8, 4) is 22.5 Å². The molecule has 6 atom stereocenters. The number of aryl methyl sites for hydroxylation is 4. The molecule has 8 aromatic rings. The van der Waals surface area contributed by atoms with Crippen LogP contribution < -0.4 is 22.1 Å². The topological polar surface area (TPSA) is 266 Å². The zero-order valence-corrected chi connectivity index (χ0v) is 43.7. The first-order valence-corrected chi connectivity index (χ1v) is 25.6. The molecule has 20 nitrogen and oxygen atoms in total. The molecule has 2 fully saturated rings. The van der Waals surface area contributed by atoms with E-state index in [1.807, 2.05) is 89.1 Å². The quantitative estimate of drug-likeness (QED) is 0.0913. The molecule has 0 aromatic carbocycles. The number of ether oxygens (including phenoxy) is 2. The van der Waals surface area contributed by atoms with Gasteiger partial charge in [0.25, 0.3) is 0 Å². The number of rotatable bonds is 12. The number of nitrogen functional groups attached to an aromatic ring is 2. The van der Waals surface area contributed by atoms with Gasteiger partial charge in [-0.25, -0.2) is 29.9 Å². The average molecular weight is 1020 g/mol. The minimum absolute atomic E-state index is 0.0414. The highest BCUT2D eigenvalue weighted by molar-refractivity contribution is 6.01. The smallest absolute Gasteiger partial charge is 0.235 e. The molecule has 0 unspecified atom stereocenters. The average Bonchev–Trinajstić information content (AvgIpc) is 4.02. The molecule has 6 N–H and O–H groups in total. The molecule has 76 heavy (non-hydrogen) atoms. The van der Waals surface area contributed by atoms with Crippen LogP contribution in [0.5, 0.6) is 0 Å². The van der Waals surface area contributed by atoms with Gasteiger partial charge in [-0.05, 0) is 120 Å². The highest BCUT2D eigenvalue weighted by Gasteiger charge is 2.45. The van der Waals surface area contributed by atoms with Gasteiger partial charge >= 0.3 is 0 Å². The Labute approximate surface area is 438 Å². The number of anilines is 4. The molecule has 4 aliphatic rings. The number of carbonyl (C=O) groups excluding carboxylic acids is 2. The fraction of sp³-hybridized carbons (Fsp3) is 0.357. The van der Waals surface area contributed by atoms with E-state index in [1.165, 1.54) is 0 Å². The summed E-state index contributed by atoms with van der Waals surface area (Å²) in [5, 5.41) is 17.5. The van der Waals surface area contributed by atoms with Crippen molar-refractivity contribution in [1.82, 2.24) is 49.5 Å². The van der Waals surface area contributed by atoms with Gasteiger partial charge in [-0.15, -0.1) is 0 Å². The monoisotopic (exact) mass is 1020 g/mol. The van der Waals surface area contributed by atoms with Crippen molar-refractivity contribution < 1.29 is 19.1 Å². The Morgan fingerprint density at radius 2 is 1.00 bits per heavy atom. The molecule has 10 heterocycles. The molecule has 2 saturated carbocycles. The van der Waals surface area contributed by atoms with Gasteiger partial charge in [-0.1, -0.05) is 27.7 Å². The van der Waals surface area contributed by atoms with Crippen molar-refractivity contribution in [1.29, 1.82) is 0 Å². The van der Waals surface area contributed by atoms with Crippen molar-refractivity contribution in [2.75, 3.05) is 35.3 Å². The van der Waals surface area contributed by atoms with Gasteiger partial charge in [-0.2, -0.15) is 10.2 Å². The summed E-state index contributed by atoms with van der Waals surface area (Å²) in [6.45, 7) is 13.7. The van der Waals surface area contributed by atoms with Crippen molar-refractivity contribution in [3.05, 3.63) is 120 Å². The molecule has 2 amide bonds. The molecule has 12 rings (SSSR count). The Kier molecular flexibility index (Phi) is 13.0. The lowest BCUT2D eigenvalue weighted by atomic mass is 10.0. The van der Waals surface area contributed by atoms with E-state index >= 15 is 0 Å². The van der Waals surface area contributed by atoms with Crippen LogP contribution in [0.2, 0.25) is 0 Å². The first-order valence-electron chi connectivity index (χ1n) is 25.6. The molecule has 0 radical (unpaired) electrons. The number of nitrogens with zero attached hydrogens (tertiary/aromatic N) is 12. The van der Waals surface area contributed by atoms with Gasteiger partial charge in [0, 0.05) is 85.0 Å². The van der Waals surface area contributed by atoms with Gasteiger partial charge < -0.3 is 31.6 Å². The lowest BCUT2D eigenvalue weighted by Gasteiger charge is -2.11. The maximum atomic E-state index is 12.9. The van der Waals surface area contributed by atoms with Crippen LogP contribution >= 0.6 is 0 Å². The molecule has 388 valence electrons.